The van der Waals surface area contributed by atoms with Crippen LogP contribution < -0.4 is 0 Å². The Bertz CT molecular complexity index is 535. The van der Waals surface area contributed by atoms with Gasteiger partial charge in [-0.15, -0.1) is 0 Å². The molecule has 2 aliphatic rings. The van der Waals surface area contributed by atoms with Crippen molar-refractivity contribution in [3.63, 3.8) is 0 Å². The van der Waals surface area contributed by atoms with Gasteiger partial charge in [0.25, 0.3) is 0 Å². The summed E-state index contributed by atoms with van der Waals surface area (Å²) in [5, 5.41) is 9.11. The molecule has 24 heavy (non-hydrogen) atoms. The summed E-state index contributed by atoms with van der Waals surface area (Å²) in [5.41, 5.74) is 2.24. The Labute approximate surface area is 145 Å². The third-order valence-corrected chi connectivity index (χ3v) is 5.52. The highest BCUT2D eigenvalue weighted by Gasteiger charge is 2.30. The van der Waals surface area contributed by atoms with Gasteiger partial charge in [0.2, 0.25) is 5.91 Å². The van der Waals surface area contributed by atoms with Crippen LogP contribution in [0.5, 0.6) is 0 Å². The molecule has 3 rings (SSSR count). The molecule has 0 saturated carbocycles. The molecule has 4 nitrogen and oxygen atoms in total. The van der Waals surface area contributed by atoms with Crippen LogP contribution in [-0.2, 0) is 17.9 Å². The van der Waals surface area contributed by atoms with E-state index in [-0.39, 0.29) is 12.5 Å². The molecule has 2 heterocycles. The van der Waals surface area contributed by atoms with Gasteiger partial charge in [-0.3, -0.25) is 9.69 Å². The number of nitrogens with zero attached hydrogens (tertiary/aromatic N) is 2. The summed E-state index contributed by atoms with van der Waals surface area (Å²) in [6.07, 6.45) is 4.39. The van der Waals surface area contributed by atoms with Gasteiger partial charge in [-0.1, -0.05) is 31.2 Å². The second-order valence-corrected chi connectivity index (χ2v) is 7.56. The molecule has 2 fully saturated rings. The number of benzene rings is 1. The van der Waals surface area contributed by atoms with Crippen LogP contribution >= 0.6 is 0 Å². The number of amides is 1. The van der Waals surface area contributed by atoms with Gasteiger partial charge in [0.15, 0.2) is 0 Å². The van der Waals surface area contributed by atoms with Crippen molar-refractivity contribution in [3.8, 4) is 0 Å². The van der Waals surface area contributed by atoms with Crippen LogP contribution in [0.1, 0.15) is 43.7 Å². The van der Waals surface area contributed by atoms with Crippen molar-refractivity contribution >= 4 is 5.91 Å². The molecule has 0 aliphatic carbocycles. The summed E-state index contributed by atoms with van der Waals surface area (Å²) in [6.45, 7) is 7.21. The molecule has 1 unspecified atom stereocenters. The lowest BCUT2D eigenvalue weighted by atomic mass is 9.92. The first-order valence-electron chi connectivity index (χ1n) is 9.35. The van der Waals surface area contributed by atoms with Crippen LogP contribution in [0.3, 0.4) is 0 Å². The lowest BCUT2D eigenvalue weighted by Gasteiger charge is -2.37. The van der Waals surface area contributed by atoms with Gasteiger partial charge in [-0.05, 0) is 55.8 Å². The van der Waals surface area contributed by atoms with E-state index in [1.807, 2.05) is 12.1 Å². The van der Waals surface area contributed by atoms with Crippen molar-refractivity contribution in [2.75, 3.05) is 26.2 Å². The predicted octanol–water partition coefficient (Wildman–Crippen LogP) is 2.65. The molecule has 132 valence electrons. The van der Waals surface area contributed by atoms with E-state index >= 15 is 0 Å². The Morgan fingerprint density at radius 2 is 1.75 bits per heavy atom. The SMILES string of the molecule is CC1CCCN(C(=O)C2CCN(Cc3ccc(CO)cc3)CC2)C1. The molecule has 2 saturated heterocycles. The molecule has 1 N–H and O–H groups in total. The summed E-state index contributed by atoms with van der Waals surface area (Å²) in [4.78, 5) is 17.3. The van der Waals surface area contributed by atoms with E-state index in [9.17, 15) is 4.79 Å². The number of rotatable bonds is 4. The largest absolute Gasteiger partial charge is 0.392 e. The Hall–Kier alpha value is -1.39. The molecule has 1 aromatic carbocycles. The number of likely N-dealkylation sites (tertiary alicyclic amines) is 2. The number of hydrogen-bond donors (Lipinski definition) is 1. The minimum atomic E-state index is 0.100. The van der Waals surface area contributed by atoms with Gasteiger partial charge in [0.1, 0.15) is 0 Å². The molecule has 4 heteroatoms. The normalized spacial score (nSPS) is 23.4. The third kappa shape index (κ3) is 4.37. The lowest BCUT2D eigenvalue weighted by Crippen LogP contribution is -2.45. The van der Waals surface area contributed by atoms with Crippen LogP contribution in [-0.4, -0.2) is 47.0 Å². The molecule has 1 amide bonds. The highest BCUT2D eigenvalue weighted by atomic mass is 16.3. The average molecular weight is 330 g/mol. The molecule has 0 bridgehead atoms. The first-order chi connectivity index (χ1) is 11.7. The molecule has 0 aromatic heterocycles. The van der Waals surface area contributed by atoms with E-state index in [4.69, 9.17) is 5.11 Å². The fourth-order valence-electron chi connectivity index (χ4n) is 3.99. The maximum Gasteiger partial charge on any atom is 0.225 e. The highest BCUT2D eigenvalue weighted by Crippen LogP contribution is 2.24. The summed E-state index contributed by atoms with van der Waals surface area (Å²) < 4.78 is 0. The van der Waals surface area contributed by atoms with E-state index in [0.717, 1.165) is 57.5 Å². The van der Waals surface area contributed by atoms with Crippen LogP contribution in [0.15, 0.2) is 24.3 Å². The minimum Gasteiger partial charge on any atom is -0.392 e. The van der Waals surface area contributed by atoms with Crippen molar-refractivity contribution < 1.29 is 9.90 Å². The molecular formula is C20H30N2O2. The number of aliphatic hydroxyl groups is 1. The molecule has 0 spiro atoms. The average Bonchev–Trinajstić information content (AvgIpc) is 2.62. The zero-order chi connectivity index (χ0) is 16.9. The van der Waals surface area contributed by atoms with E-state index in [0.29, 0.717) is 11.8 Å². The predicted molar refractivity (Wildman–Crippen MR) is 95.3 cm³/mol. The molecule has 0 radical (unpaired) electrons. The van der Waals surface area contributed by atoms with Crippen molar-refractivity contribution in [2.24, 2.45) is 11.8 Å². The van der Waals surface area contributed by atoms with Gasteiger partial charge in [-0.2, -0.15) is 0 Å². The second-order valence-electron chi connectivity index (χ2n) is 7.56. The maximum absolute atomic E-state index is 12.7. The van der Waals surface area contributed by atoms with Crippen LogP contribution in [0.25, 0.3) is 0 Å². The summed E-state index contributed by atoms with van der Waals surface area (Å²) >= 11 is 0. The fraction of sp³-hybridized carbons (Fsp3) is 0.650. The van der Waals surface area contributed by atoms with Gasteiger partial charge in [0.05, 0.1) is 6.61 Å². The molecule has 1 atom stereocenters. The number of hydrogen-bond acceptors (Lipinski definition) is 3. The highest BCUT2D eigenvalue weighted by molar-refractivity contribution is 5.79. The topological polar surface area (TPSA) is 43.8 Å². The van der Waals surface area contributed by atoms with Crippen LogP contribution in [0, 0.1) is 11.8 Å². The first kappa shape index (κ1) is 17.4. The van der Waals surface area contributed by atoms with E-state index in [2.05, 4.69) is 28.9 Å². The van der Waals surface area contributed by atoms with Crippen LogP contribution in [0.4, 0.5) is 0 Å². The zero-order valence-corrected chi connectivity index (χ0v) is 14.8. The Morgan fingerprint density at radius 3 is 2.38 bits per heavy atom. The Kier molecular flexibility index (Phi) is 5.90. The number of piperidine rings is 2. The number of carbonyl (C=O) groups excluding carboxylic acids is 1. The molecular weight excluding hydrogens is 300 g/mol. The van der Waals surface area contributed by atoms with Crippen molar-refractivity contribution in [2.45, 2.75) is 45.8 Å². The number of carbonyl (C=O) groups is 1. The van der Waals surface area contributed by atoms with Crippen LogP contribution in [0.2, 0.25) is 0 Å². The third-order valence-electron chi connectivity index (χ3n) is 5.52. The van der Waals surface area contributed by atoms with Crippen molar-refractivity contribution in [3.05, 3.63) is 35.4 Å². The van der Waals surface area contributed by atoms with E-state index in [1.165, 1.54) is 12.0 Å². The van der Waals surface area contributed by atoms with Gasteiger partial charge in [-0.25, -0.2) is 0 Å². The van der Waals surface area contributed by atoms with Crippen molar-refractivity contribution in [1.82, 2.24) is 9.80 Å². The van der Waals surface area contributed by atoms with E-state index in [1.54, 1.807) is 0 Å². The molecule has 2 aliphatic heterocycles. The Morgan fingerprint density at radius 1 is 1.08 bits per heavy atom. The van der Waals surface area contributed by atoms with Gasteiger partial charge >= 0.3 is 0 Å². The summed E-state index contributed by atoms with van der Waals surface area (Å²) in [7, 11) is 0. The maximum atomic E-state index is 12.7. The monoisotopic (exact) mass is 330 g/mol. The Balaban J connectivity index is 1.47. The van der Waals surface area contributed by atoms with Gasteiger partial charge in [0, 0.05) is 25.6 Å². The lowest BCUT2D eigenvalue weighted by molar-refractivity contribution is -0.138. The molecule has 1 aromatic rings. The minimum absolute atomic E-state index is 0.100. The van der Waals surface area contributed by atoms with Gasteiger partial charge < -0.3 is 10.0 Å². The second kappa shape index (κ2) is 8.13. The summed E-state index contributed by atoms with van der Waals surface area (Å²) in [5.74, 6) is 1.28. The smallest absolute Gasteiger partial charge is 0.225 e. The number of aliphatic hydroxyl groups excluding tert-OH is 1. The zero-order valence-electron chi connectivity index (χ0n) is 14.8. The van der Waals surface area contributed by atoms with E-state index < -0.39 is 0 Å². The first-order valence-corrected chi connectivity index (χ1v) is 9.35. The fourth-order valence-corrected chi connectivity index (χ4v) is 3.99. The summed E-state index contributed by atoms with van der Waals surface area (Å²) in [6, 6.07) is 8.17. The van der Waals surface area contributed by atoms with Crippen molar-refractivity contribution in [1.29, 1.82) is 0 Å². The quantitative estimate of drug-likeness (QED) is 0.923. The standard InChI is InChI=1S/C20H30N2O2/c1-16-3-2-10-22(13-16)20(24)19-8-11-21(12-9-19)14-17-4-6-18(15-23)7-5-17/h4-7,16,19,23H,2-3,8-15H2,1H3.